The maximum atomic E-state index is 13.4. The molecule has 45 heavy (non-hydrogen) atoms. The third kappa shape index (κ3) is 6.38. The van der Waals surface area contributed by atoms with Crippen LogP contribution < -0.4 is 0 Å². The Kier molecular flexibility index (Phi) is 8.50. The number of carbonyl (C=O) groups is 3. The summed E-state index contributed by atoms with van der Waals surface area (Å²) in [7, 11) is 0. The number of nitrogens with zero attached hydrogens (tertiary/aromatic N) is 3. The van der Waals surface area contributed by atoms with E-state index in [4.69, 9.17) is 9.68 Å². The number of hydrogen-bond donors (Lipinski definition) is 0. The van der Waals surface area contributed by atoms with E-state index in [-0.39, 0.29) is 5.78 Å². The smallest absolute Gasteiger partial charge is 0.318 e. The molecule has 0 saturated carbocycles. The Balaban J connectivity index is 1.51. The van der Waals surface area contributed by atoms with Crippen LogP contribution in [0, 0.1) is 0 Å². The van der Waals surface area contributed by atoms with E-state index in [1.165, 1.54) is 25.2 Å². The number of fused-ring (bicyclic) bond motifs is 3. The average Bonchev–Trinajstić information content (AvgIpc) is 3.82. The van der Waals surface area contributed by atoms with Gasteiger partial charge in [0.2, 0.25) is 5.78 Å². The number of ketones is 1. The number of oxime groups is 2. The molecule has 0 aliphatic rings. The zero-order chi connectivity index (χ0) is 31.5. The monoisotopic (exact) mass is 633 g/mol. The number of aromatic nitrogens is 1. The highest BCUT2D eigenvalue weighted by atomic mass is 32.1. The number of carbonyl (C=O) groups excluding carboxylic acids is 3. The van der Waals surface area contributed by atoms with Crippen LogP contribution in [-0.4, -0.2) is 33.7 Å². The molecule has 0 unspecified atom stereocenters. The molecular formula is C35H27N3O5S2. The number of hydrogen-bond acceptors (Lipinski definition) is 9. The van der Waals surface area contributed by atoms with Crippen LogP contribution in [0.3, 0.4) is 0 Å². The number of rotatable bonds is 9. The average molecular weight is 634 g/mol. The van der Waals surface area contributed by atoms with Gasteiger partial charge in [-0.25, -0.2) is 9.59 Å². The molecule has 0 bridgehead atoms. The molecule has 0 spiro atoms. The third-order valence-electron chi connectivity index (χ3n) is 7.17. The summed E-state index contributed by atoms with van der Waals surface area (Å²) in [5.41, 5.74) is 6.14. The van der Waals surface area contributed by atoms with E-state index in [9.17, 15) is 14.4 Å². The predicted octanol–water partition coefficient (Wildman–Crippen LogP) is 7.93. The molecule has 6 rings (SSSR count). The lowest BCUT2D eigenvalue weighted by atomic mass is 10.0. The second-order valence-electron chi connectivity index (χ2n) is 10.3. The van der Waals surface area contributed by atoms with E-state index in [2.05, 4.69) is 14.9 Å². The van der Waals surface area contributed by atoms with Crippen LogP contribution >= 0.6 is 22.7 Å². The third-order valence-corrected chi connectivity index (χ3v) is 8.91. The van der Waals surface area contributed by atoms with Crippen LogP contribution in [0.25, 0.3) is 27.5 Å². The molecule has 6 aromatic rings. The molecule has 10 heteroatoms. The van der Waals surface area contributed by atoms with Gasteiger partial charge in [0.25, 0.3) is 0 Å². The van der Waals surface area contributed by atoms with Gasteiger partial charge in [-0.1, -0.05) is 40.6 Å². The SMILES string of the molecule is CC(=O)ON=C(C)c1ccc(-n2c3ccc(C(=O)c4cccs4)cc3c3cc(C(Cc4cccs4)=NOC(C)=O)ccc32)cc1. The van der Waals surface area contributed by atoms with Crippen molar-refractivity contribution in [3.63, 3.8) is 0 Å². The first kappa shape index (κ1) is 29.9. The van der Waals surface area contributed by atoms with Gasteiger partial charge in [0.05, 0.1) is 27.3 Å². The first-order valence-electron chi connectivity index (χ1n) is 14.0. The van der Waals surface area contributed by atoms with Crippen molar-refractivity contribution in [2.75, 3.05) is 0 Å². The first-order valence-corrected chi connectivity index (χ1v) is 15.8. The van der Waals surface area contributed by atoms with E-state index in [1.54, 1.807) is 18.3 Å². The molecule has 0 N–H and O–H groups in total. The van der Waals surface area contributed by atoms with Crippen molar-refractivity contribution in [1.82, 2.24) is 4.57 Å². The zero-order valence-corrected chi connectivity index (χ0v) is 26.3. The zero-order valence-electron chi connectivity index (χ0n) is 24.6. The van der Waals surface area contributed by atoms with Crippen LogP contribution in [0.1, 0.15) is 52.0 Å². The van der Waals surface area contributed by atoms with E-state index >= 15 is 0 Å². The summed E-state index contributed by atoms with van der Waals surface area (Å²) in [5.74, 6) is -1.01. The van der Waals surface area contributed by atoms with Crippen molar-refractivity contribution in [1.29, 1.82) is 0 Å². The predicted molar refractivity (Wildman–Crippen MR) is 179 cm³/mol. The van der Waals surface area contributed by atoms with Gasteiger partial charge >= 0.3 is 11.9 Å². The molecule has 8 nitrogen and oxygen atoms in total. The fourth-order valence-electron chi connectivity index (χ4n) is 5.09. The summed E-state index contributed by atoms with van der Waals surface area (Å²) in [5, 5.41) is 13.8. The molecular weight excluding hydrogens is 607 g/mol. The first-order chi connectivity index (χ1) is 21.8. The summed E-state index contributed by atoms with van der Waals surface area (Å²) in [4.78, 5) is 47.9. The molecule has 0 radical (unpaired) electrons. The van der Waals surface area contributed by atoms with Crippen LogP contribution in [0.2, 0.25) is 0 Å². The standard InChI is InChI=1S/C35H27N3O5S2/c1-21(36-42-22(2)39)24-8-12-27(13-9-24)38-32-14-10-25(31(37-43-23(3)40)20-28-6-4-16-44-28)18-29(32)30-19-26(11-15-33(30)38)35(41)34-7-5-17-45-34/h4-19H,20H2,1-3H3. The molecule has 3 aromatic heterocycles. The minimum atomic E-state index is -0.496. The minimum Gasteiger partial charge on any atom is -0.318 e. The van der Waals surface area contributed by atoms with Gasteiger partial charge < -0.3 is 14.2 Å². The Labute approximate surface area is 266 Å². The van der Waals surface area contributed by atoms with Crippen molar-refractivity contribution >= 4 is 73.6 Å². The topological polar surface area (TPSA) is 99.3 Å². The van der Waals surface area contributed by atoms with Crippen molar-refractivity contribution < 1.29 is 24.1 Å². The van der Waals surface area contributed by atoms with Crippen molar-refractivity contribution in [2.45, 2.75) is 27.2 Å². The highest BCUT2D eigenvalue weighted by Crippen LogP contribution is 2.34. The number of benzene rings is 3. The lowest BCUT2D eigenvalue weighted by molar-refractivity contribution is -0.141. The summed E-state index contributed by atoms with van der Waals surface area (Å²) < 4.78 is 2.14. The second-order valence-corrected chi connectivity index (χ2v) is 12.3. The Bertz CT molecular complexity index is 2110. The molecule has 0 amide bonds. The van der Waals surface area contributed by atoms with Crippen LogP contribution in [-0.2, 0) is 25.7 Å². The molecule has 0 atom stereocenters. The van der Waals surface area contributed by atoms with Gasteiger partial charge in [-0.2, -0.15) is 0 Å². The largest absolute Gasteiger partial charge is 0.331 e. The van der Waals surface area contributed by atoms with Crippen LogP contribution in [0.15, 0.2) is 106 Å². The van der Waals surface area contributed by atoms with Gasteiger partial charge in [-0.05, 0) is 77.8 Å². The quantitative estimate of drug-likeness (QED) is 0.0697. The molecule has 3 aromatic carbocycles. The van der Waals surface area contributed by atoms with Gasteiger partial charge in [0.15, 0.2) is 0 Å². The summed E-state index contributed by atoms with van der Waals surface area (Å²) in [6, 6.07) is 27.3. The summed E-state index contributed by atoms with van der Waals surface area (Å²) >= 11 is 3.02. The fraction of sp³-hybridized carbons (Fsp3) is 0.114. The summed E-state index contributed by atoms with van der Waals surface area (Å²) in [6.07, 6.45) is 0.493. The maximum absolute atomic E-state index is 13.4. The normalized spacial score (nSPS) is 12.1. The Hall–Kier alpha value is -5.19. The molecule has 0 saturated heterocycles. The van der Waals surface area contributed by atoms with Gasteiger partial charge in [0, 0.05) is 52.7 Å². The maximum Gasteiger partial charge on any atom is 0.331 e. The van der Waals surface area contributed by atoms with E-state index in [0.717, 1.165) is 43.5 Å². The molecule has 0 aliphatic carbocycles. The molecule has 0 fully saturated rings. The van der Waals surface area contributed by atoms with Gasteiger partial charge in [0.1, 0.15) is 0 Å². The second kappa shape index (κ2) is 12.8. The van der Waals surface area contributed by atoms with Crippen molar-refractivity contribution in [3.8, 4) is 5.69 Å². The highest BCUT2D eigenvalue weighted by Gasteiger charge is 2.18. The number of thiophene rings is 2. The van der Waals surface area contributed by atoms with Gasteiger partial charge in [-0.3, -0.25) is 4.79 Å². The highest BCUT2D eigenvalue weighted by molar-refractivity contribution is 7.12. The minimum absolute atomic E-state index is 0.0364. The molecule has 0 aliphatic heterocycles. The molecule has 224 valence electrons. The van der Waals surface area contributed by atoms with E-state index < -0.39 is 11.9 Å². The van der Waals surface area contributed by atoms with Crippen molar-refractivity contribution in [3.05, 3.63) is 122 Å². The fourth-order valence-corrected chi connectivity index (χ4v) is 6.49. The summed E-state index contributed by atoms with van der Waals surface area (Å²) in [6.45, 7) is 4.40. The van der Waals surface area contributed by atoms with Crippen molar-refractivity contribution in [2.24, 2.45) is 10.3 Å². The molecule has 3 heterocycles. The van der Waals surface area contributed by atoms with E-state index in [0.29, 0.717) is 28.3 Å². The van der Waals surface area contributed by atoms with Gasteiger partial charge in [-0.15, -0.1) is 22.7 Å². The van der Waals surface area contributed by atoms with Crippen LogP contribution in [0.4, 0.5) is 0 Å². The Morgan fingerprint density at radius 2 is 1.29 bits per heavy atom. The lowest BCUT2D eigenvalue weighted by Gasteiger charge is -2.10. The Morgan fingerprint density at radius 1 is 0.689 bits per heavy atom. The Morgan fingerprint density at radius 3 is 1.91 bits per heavy atom. The lowest BCUT2D eigenvalue weighted by Crippen LogP contribution is -2.07. The van der Waals surface area contributed by atoms with E-state index in [1.807, 2.05) is 95.7 Å². The van der Waals surface area contributed by atoms with Crippen LogP contribution in [0.5, 0.6) is 0 Å².